The van der Waals surface area contributed by atoms with Crippen molar-refractivity contribution in [3.63, 3.8) is 0 Å². The predicted molar refractivity (Wildman–Crippen MR) is 113 cm³/mol. The van der Waals surface area contributed by atoms with Crippen LogP contribution in [0.2, 0.25) is 5.02 Å². The van der Waals surface area contributed by atoms with Gasteiger partial charge in [-0.15, -0.1) is 0 Å². The number of hydrogen-bond donors (Lipinski definition) is 2. The molecule has 8 heteroatoms. The molecule has 0 saturated carbocycles. The van der Waals surface area contributed by atoms with E-state index in [-0.39, 0.29) is 24.2 Å². The molecule has 0 aliphatic carbocycles. The van der Waals surface area contributed by atoms with Crippen molar-refractivity contribution in [1.29, 1.82) is 0 Å². The fourth-order valence-corrected chi connectivity index (χ4v) is 3.36. The van der Waals surface area contributed by atoms with Crippen LogP contribution in [0.3, 0.4) is 0 Å². The molecule has 2 aromatic carbocycles. The maximum atomic E-state index is 13.2. The van der Waals surface area contributed by atoms with Crippen LogP contribution in [0.1, 0.15) is 6.42 Å². The number of benzene rings is 2. The summed E-state index contributed by atoms with van der Waals surface area (Å²) in [4.78, 5) is 28.5. The summed E-state index contributed by atoms with van der Waals surface area (Å²) in [5.41, 5.74) is 1.08. The molecule has 2 aromatic rings. The number of carbonyl (C=O) groups excluding carboxylic acids is 2. The molecule has 0 spiro atoms. The summed E-state index contributed by atoms with van der Waals surface area (Å²) in [5.74, 6) is -0.617. The molecule has 154 valence electrons. The van der Waals surface area contributed by atoms with Crippen molar-refractivity contribution < 1.29 is 14.0 Å². The van der Waals surface area contributed by atoms with Crippen molar-refractivity contribution in [2.75, 3.05) is 49.9 Å². The van der Waals surface area contributed by atoms with Crippen LogP contribution in [0.25, 0.3) is 0 Å². The van der Waals surface area contributed by atoms with E-state index < -0.39 is 0 Å². The molecule has 1 fully saturated rings. The number of anilines is 2. The van der Waals surface area contributed by atoms with Crippen molar-refractivity contribution in [2.24, 2.45) is 0 Å². The number of nitrogens with one attached hydrogen (secondary N) is 2. The van der Waals surface area contributed by atoms with E-state index in [1.807, 2.05) is 12.1 Å². The average molecular weight is 419 g/mol. The number of hydrogen-bond acceptors (Lipinski definition) is 4. The summed E-state index contributed by atoms with van der Waals surface area (Å²) in [6, 6.07) is 13.0. The smallest absolute Gasteiger partial charge is 0.238 e. The Balaban J connectivity index is 1.35. The van der Waals surface area contributed by atoms with Gasteiger partial charge in [-0.05, 0) is 30.3 Å². The van der Waals surface area contributed by atoms with Crippen LogP contribution >= 0.6 is 11.6 Å². The van der Waals surface area contributed by atoms with Gasteiger partial charge in [0.05, 0.1) is 17.3 Å². The maximum absolute atomic E-state index is 13.2. The highest BCUT2D eigenvalue weighted by Crippen LogP contribution is 2.20. The third-order valence-corrected chi connectivity index (χ3v) is 5.07. The number of para-hydroxylation sites is 1. The van der Waals surface area contributed by atoms with Gasteiger partial charge in [-0.1, -0.05) is 29.8 Å². The van der Waals surface area contributed by atoms with Gasteiger partial charge < -0.3 is 15.5 Å². The Kier molecular flexibility index (Phi) is 7.57. The number of nitrogens with zero attached hydrogens (tertiary/aromatic N) is 2. The Morgan fingerprint density at radius 1 is 0.931 bits per heavy atom. The molecular weight excluding hydrogens is 395 g/mol. The minimum atomic E-state index is -0.380. The average Bonchev–Trinajstić information content (AvgIpc) is 2.69. The summed E-state index contributed by atoms with van der Waals surface area (Å²) < 4.78 is 13.2. The zero-order valence-electron chi connectivity index (χ0n) is 16.0. The van der Waals surface area contributed by atoms with Gasteiger partial charge in [-0.3, -0.25) is 14.5 Å². The Labute approximate surface area is 174 Å². The summed E-state index contributed by atoms with van der Waals surface area (Å²) in [7, 11) is 0. The van der Waals surface area contributed by atoms with Crippen LogP contribution in [0.4, 0.5) is 15.8 Å². The molecule has 29 heavy (non-hydrogen) atoms. The molecule has 0 bridgehead atoms. The van der Waals surface area contributed by atoms with Gasteiger partial charge in [0.2, 0.25) is 11.8 Å². The normalized spacial score (nSPS) is 15.1. The number of halogens is 2. The van der Waals surface area contributed by atoms with Gasteiger partial charge in [-0.2, -0.15) is 0 Å². The van der Waals surface area contributed by atoms with E-state index in [2.05, 4.69) is 20.4 Å². The van der Waals surface area contributed by atoms with Crippen LogP contribution < -0.4 is 10.6 Å². The minimum Gasteiger partial charge on any atom is -0.325 e. The topological polar surface area (TPSA) is 64.7 Å². The summed E-state index contributed by atoms with van der Waals surface area (Å²) in [6.45, 7) is 3.96. The number of piperazine rings is 1. The van der Waals surface area contributed by atoms with Crippen molar-refractivity contribution in [3.8, 4) is 0 Å². The first-order valence-corrected chi connectivity index (χ1v) is 9.92. The van der Waals surface area contributed by atoms with Crippen LogP contribution in [-0.2, 0) is 9.59 Å². The zero-order chi connectivity index (χ0) is 20.6. The SMILES string of the molecule is O=C(CN1CCN(CCC(=O)Nc2ccccc2Cl)CC1)Nc1cccc(F)c1. The van der Waals surface area contributed by atoms with E-state index in [1.54, 1.807) is 24.3 Å². The van der Waals surface area contributed by atoms with E-state index in [0.717, 1.165) is 26.2 Å². The van der Waals surface area contributed by atoms with Crippen LogP contribution in [-0.4, -0.2) is 60.9 Å². The fraction of sp³-hybridized carbons (Fsp3) is 0.333. The first-order valence-electron chi connectivity index (χ1n) is 9.54. The van der Waals surface area contributed by atoms with E-state index in [0.29, 0.717) is 29.4 Å². The second-order valence-corrected chi connectivity index (χ2v) is 7.36. The third-order valence-electron chi connectivity index (χ3n) is 4.74. The molecule has 1 saturated heterocycles. The van der Waals surface area contributed by atoms with E-state index in [1.165, 1.54) is 12.1 Å². The highest BCUT2D eigenvalue weighted by atomic mass is 35.5. The van der Waals surface area contributed by atoms with Crippen molar-refractivity contribution in [1.82, 2.24) is 9.80 Å². The van der Waals surface area contributed by atoms with E-state index >= 15 is 0 Å². The molecule has 0 unspecified atom stereocenters. The Morgan fingerprint density at radius 3 is 2.38 bits per heavy atom. The van der Waals surface area contributed by atoms with Crippen LogP contribution in [0, 0.1) is 5.82 Å². The second kappa shape index (κ2) is 10.3. The molecule has 2 amide bonds. The van der Waals surface area contributed by atoms with Gasteiger partial charge in [-0.25, -0.2) is 4.39 Å². The summed E-state index contributed by atoms with van der Waals surface area (Å²) >= 11 is 6.05. The van der Waals surface area contributed by atoms with Crippen molar-refractivity contribution >= 4 is 34.8 Å². The summed E-state index contributed by atoms with van der Waals surface area (Å²) in [6.07, 6.45) is 0.380. The van der Waals surface area contributed by atoms with Crippen LogP contribution in [0.15, 0.2) is 48.5 Å². The van der Waals surface area contributed by atoms with Gasteiger partial charge >= 0.3 is 0 Å². The number of rotatable bonds is 7. The predicted octanol–water partition coefficient (Wildman–Crippen LogP) is 3.06. The second-order valence-electron chi connectivity index (χ2n) is 6.95. The number of amides is 2. The largest absolute Gasteiger partial charge is 0.325 e. The first kappa shape index (κ1) is 21.2. The summed E-state index contributed by atoms with van der Waals surface area (Å²) in [5, 5.41) is 6.05. The lowest BCUT2D eigenvalue weighted by atomic mass is 10.2. The highest BCUT2D eigenvalue weighted by molar-refractivity contribution is 6.33. The third kappa shape index (κ3) is 6.81. The maximum Gasteiger partial charge on any atom is 0.238 e. The quantitative estimate of drug-likeness (QED) is 0.725. The molecule has 1 heterocycles. The van der Waals surface area contributed by atoms with Gasteiger partial charge in [0, 0.05) is 44.8 Å². The molecular formula is C21H24ClFN4O2. The zero-order valence-corrected chi connectivity index (χ0v) is 16.8. The molecule has 1 aliphatic rings. The van der Waals surface area contributed by atoms with Crippen molar-refractivity contribution in [2.45, 2.75) is 6.42 Å². The van der Waals surface area contributed by atoms with Gasteiger partial charge in [0.1, 0.15) is 5.82 Å². The molecule has 3 rings (SSSR count). The number of carbonyl (C=O) groups is 2. The molecule has 0 radical (unpaired) electrons. The van der Waals surface area contributed by atoms with Crippen molar-refractivity contribution in [3.05, 3.63) is 59.4 Å². The Bertz CT molecular complexity index is 856. The lowest BCUT2D eigenvalue weighted by molar-refractivity contribution is -0.117. The molecule has 2 N–H and O–H groups in total. The Hall–Kier alpha value is -2.48. The fourth-order valence-electron chi connectivity index (χ4n) is 3.18. The lowest BCUT2D eigenvalue weighted by Gasteiger charge is -2.34. The monoisotopic (exact) mass is 418 g/mol. The van der Waals surface area contributed by atoms with E-state index in [9.17, 15) is 14.0 Å². The van der Waals surface area contributed by atoms with E-state index in [4.69, 9.17) is 11.6 Å². The standard InChI is InChI=1S/C21H24ClFN4O2/c22-18-6-1-2-7-19(18)25-20(28)8-9-26-10-12-27(13-11-26)15-21(29)24-17-5-3-4-16(23)14-17/h1-7,14H,8-13,15H2,(H,24,29)(H,25,28). The first-order chi connectivity index (χ1) is 14.0. The minimum absolute atomic E-state index is 0.0741. The molecule has 0 atom stereocenters. The molecule has 6 nitrogen and oxygen atoms in total. The van der Waals surface area contributed by atoms with Crippen LogP contribution in [0.5, 0.6) is 0 Å². The van der Waals surface area contributed by atoms with Gasteiger partial charge in [0.15, 0.2) is 0 Å². The highest BCUT2D eigenvalue weighted by Gasteiger charge is 2.19. The molecule has 0 aromatic heterocycles. The Morgan fingerprint density at radius 2 is 1.66 bits per heavy atom. The van der Waals surface area contributed by atoms with Gasteiger partial charge in [0.25, 0.3) is 0 Å². The molecule has 1 aliphatic heterocycles. The lowest BCUT2D eigenvalue weighted by Crippen LogP contribution is -2.49.